The van der Waals surface area contributed by atoms with Crippen molar-refractivity contribution in [1.82, 2.24) is 39.0 Å². The molecule has 7 N–H and O–H groups in total. The number of hydrogen-bond acceptors (Lipinski definition) is 14. The second kappa shape index (κ2) is 12.6. The van der Waals surface area contributed by atoms with Crippen molar-refractivity contribution >= 4 is 49.4 Å². The molecular formula is C22H31N10O9P2+. The van der Waals surface area contributed by atoms with E-state index in [1.54, 1.807) is 15.8 Å². The fourth-order valence-electron chi connectivity index (χ4n) is 4.53. The monoisotopic (exact) mass is 641 g/mol. The summed E-state index contributed by atoms with van der Waals surface area (Å²) in [6.07, 6.45) is 1.63. The van der Waals surface area contributed by atoms with E-state index in [0.717, 1.165) is 0 Å². The molecule has 19 nitrogen and oxygen atoms in total. The summed E-state index contributed by atoms with van der Waals surface area (Å²) in [6, 6.07) is 0. The molecule has 2 aliphatic rings. The standard InChI is InChI=1S/C11H16N5O5P.C11H14N5O4P/c1-22(18,19)4-7-20-3-6(21-7)2-16-5-13-8-9(16)14-11(12)15-10(8)17;1-21(18)4-7-19-3-6(20-7)2-16-5-13-8-9(16)14-11(12)15-10(8)17/h5-7H,2-4H2,1H3,(H,18,19)(H3,12,14,15,17);5-7H,2-4H2,1H3,(H2-,12,14,15,17)/p+1/t2*6-,7?/m11/s1. The molecule has 43 heavy (non-hydrogen) atoms. The number of imidazole rings is 2. The van der Waals surface area contributed by atoms with Crippen molar-refractivity contribution in [2.45, 2.75) is 37.9 Å². The van der Waals surface area contributed by atoms with Crippen molar-refractivity contribution < 1.29 is 33.0 Å². The minimum Gasteiger partial charge on any atom is -0.369 e. The lowest BCUT2D eigenvalue weighted by Crippen LogP contribution is -2.21. The Morgan fingerprint density at radius 3 is 1.88 bits per heavy atom. The number of anilines is 2. The highest BCUT2D eigenvalue weighted by molar-refractivity contribution is 7.57. The Labute approximate surface area is 243 Å². The van der Waals surface area contributed by atoms with Gasteiger partial charge in [-0.15, -0.1) is 0 Å². The third-order valence-corrected chi connectivity index (χ3v) is 8.09. The van der Waals surface area contributed by atoms with Crippen molar-refractivity contribution in [2.24, 2.45) is 0 Å². The molecule has 0 saturated carbocycles. The Kier molecular flexibility index (Phi) is 9.03. The Hall–Kier alpha value is -3.57. The van der Waals surface area contributed by atoms with Crippen LogP contribution in [-0.2, 0) is 41.2 Å². The van der Waals surface area contributed by atoms with E-state index in [0.29, 0.717) is 37.2 Å². The van der Waals surface area contributed by atoms with Crippen LogP contribution in [0.1, 0.15) is 0 Å². The Morgan fingerprint density at radius 2 is 1.42 bits per heavy atom. The first-order valence-corrected chi connectivity index (χ1v) is 17.2. The number of H-pyrrole nitrogens is 2. The molecule has 0 aliphatic carbocycles. The van der Waals surface area contributed by atoms with Gasteiger partial charge in [0.2, 0.25) is 25.6 Å². The zero-order valence-corrected chi connectivity index (χ0v) is 24.9. The molecular weight excluding hydrogens is 610 g/mol. The Balaban J connectivity index is 0.000000171. The lowest BCUT2D eigenvalue weighted by atomic mass is 10.4. The SMILES string of the molecule is CP(=O)(O)CC1OC[C@@H](Cn2cnc3c(=O)[nH]c(N)nc32)O1.C[P+](=O)CC1OC[C@@H](Cn2cnc3c(=O)[nH]c(N)nc32)O1. The van der Waals surface area contributed by atoms with Gasteiger partial charge in [-0.05, 0) is 0 Å². The van der Waals surface area contributed by atoms with Gasteiger partial charge in [0.05, 0.1) is 45.1 Å². The van der Waals surface area contributed by atoms with Gasteiger partial charge in [0.15, 0.2) is 34.8 Å². The average Bonchev–Trinajstić information content (AvgIpc) is 3.68. The van der Waals surface area contributed by atoms with Gasteiger partial charge in [0.25, 0.3) is 11.1 Å². The fourth-order valence-corrected chi connectivity index (χ4v) is 5.89. The summed E-state index contributed by atoms with van der Waals surface area (Å²) in [5, 5.41) is 0. The molecule has 6 atom stereocenters. The number of nitrogen functional groups attached to an aromatic ring is 2. The second-order valence-corrected chi connectivity index (χ2v) is 14.2. The van der Waals surface area contributed by atoms with Crippen molar-refractivity contribution in [3.8, 4) is 0 Å². The number of hydrogen-bond donors (Lipinski definition) is 5. The normalized spacial score (nSPS) is 23.7. The summed E-state index contributed by atoms with van der Waals surface area (Å²) in [6.45, 7) is 4.36. The minimum atomic E-state index is -3.21. The zero-order chi connectivity index (χ0) is 30.9. The van der Waals surface area contributed by atoms with Gasteiger partial charge in [-0.3, -0.25) is 24.1 Å². The molecule has 232 valence electrons. The maximum Gasteiger partial charge on any atom is 0.340 e. The van der Waals surface area contributed by atoms with Crippen LogP contribution < -0.4 is 22.6 Å². The van der Waals surface area contributed by atoms with Crippen molar-refractivity contribution in [3.63, 3.8) is 0 Å². The van der Waals surface area contributed by atoms with E-state index < -0.39 is 33.3 Å². The highest BCUT2D eigenvalue weighted by atomic mass is 31.2. The maximum atomic E-state index is 11.7. The third-order valence-electron chi connectivity index (χ3n) is 6.31. The first kappa shape index (κ1) is 30.9. The van der Waals surface area contributed by atoms with Gasteiger partial charge in [0.1, 0.15) is 18.9 Å². The molecule has 2 saturated heterocycles. The van der Waals surface area contributed by atoms with Crippen LogP contribution in [-0.4, -0.2) is 108 Å². The van der Waals surface area contributed by atoms with E-state index in [4.69, 9.17) is 30.4 Å². The number of rotatable bonds is 8. The number of aromatic amines is 2. The van der Waals surface area contributed by atoms with Gasteiger partial charge in [-0.1, -0.05) is 4.57 Å². The average molecular weight is 641 g/mol. The summed E-state index contributed by atoms with van der Waals surface area (Å²) in [5.41, 5.74) is 11.5. The molecule has 4 aromatic rings. The van der Waals surface area contributed by atoms with Crippen LogP contribution in [0.4, 0.5) is 11.9 Å². The Morgan fingerprint density at radius 1 is 0.953 bits per heavy atom. The third kappa shape index (κ3) is 7.69. The van der Waals surface area contributed by atoms with Crippen LogP contribution in [0.3, 0.4) is 0 Å². The molecule has 0 radical (unpaired) electrons. The van der Waals surface area contributed by atoms with Crippen LogP contribution in [0.5, 0.6) is 0 Å². The number of nitrogens with zero attached hydrogens (tertiary/aromatic N) is 6. The summed E-state index contributed by atoms with van der Waals surface area (Å²) in [5.74, 6) is 0.0478. The highest BCUT2D eigenvalue weighted by Crippen LogP contribution is 2.38. The van der Waals surface area contributed by atoms with E-state index in [9.17, 15) is 23.6 Å². The topological polar surface area (TPSA) is 270 Å². The van der Waals surface area contributed by atoms with Crippen molar-refractivity contribution in [2.75, 3.05) is 50.3 Å². The predicted octanol–water partition coefficient (Wildman–Crippen LogP) is -0.756. The predicted molar refractivity (Wildman–Crippen MR) is 153 cm³/mol. The van der Waals surface area contributed by atoms with E-state index >= 15 is 0 Å². The lowest BCUT2D eigenvalue weighted by molar-refractivity contribution is -0.0429. The lowest BCUT2D eigenvalue weighted by Gasteiger charge is -2.13. The van der Waals surface area contributed by atoms with E-state index in [-0.39, 0.29) is 53.5 Å². The van der Waals surface area contributed by atoms with Crippen LogP contribution >= 0.6 is 15.2 Å². The zero-order valence-electron chi connectivity index (χ0n) is 23.2. The summed E-state index contributed by atoms with van der Waals surface area (Å²) in [7, 11) is -4.52. The van der Waals surface area contributed by atoms with Crippen molar-refractivity contribution in [3.05, 3.63) is 33.4 Å². The Bertz CT molecular complexity index is 1800. The number of ether oxygens (including phenoxy) is 4. The highest BCUT2D eigenvalue weighted by Gasteiger charge is 2.32. The van der Waals surface area contributed by atoms with Gasteiger partial charge in [-0.25, -0.2) is 9.97 Å². The van der Waals surface area contributed by atoms with E-state index in [1.807, 2.05) is 0 Å². The minimum absolute atomic E-state index is 0.00733. The van der Waals surface area contributed by atoms with E-state index in [2.05, 4.69) is 29.9 Å². The van der Waals surface area contributed by atoms with Crippen LogP contribution in [0.2, 0.25) is 0 Å². The molecule has 0 bridgehead atoms. The van der Waals surface area contributed by atoms with Crippen LogP contribution in [0.25, 0.3) is 22.3 Å². The molecule has 0 amide bonds. The molecule has 6 heterocycles. The molecule has 2 aliphatic heterocycles. The maximum absolute atomic E-state index is 11.7. The molecule has 4 aromatic heterocycles. The van der Waals surface area contributed by atoms with Gasteiger partial charge < -0.3 is 44.4 Å². The molecule has 21 heteroatoms. The molecule has 6 rings (SSSR count). The van der Waals surface area contributed by atoms with Gasteiger partial charge in [0, 0.05) is 6.66 Å². The first-order chi connectivity index (χ1) is 20.3. The molecule has 2 fully saturated rings. The number of aromatic nitrogens is 8. The summed E-state index contributed by atoms with van der Waals surface area (Å²) < 4.78 is 47.9. The summed E-state index contributed by atoms with van der Waals surface area (Å²) >= 11 is 0. The van der Waals surface area contributed by atoms with E-state index in [1.165, 1.54) is 19.3 Å². The smallest absolute Gasteiger partial charge is 0.340 e. The van der Waals surface area contributed by atoms with Gasteiger partial charge in [-0.2, -0.15) is 9.97 Å². The number of fused-ring (bicyclic) bond motifs is 2. The fraction of sp³-hybridized carbons (Fsp3) is 0.545. The number of nitrogens with one attached hydrogen (secondary N) is 2. The first-order valence-electron chi connectivity index (χ1n) is 13.0. The van der Waals surface area contributed by atoms with Gasteiger partial charge >= 0.3 is 7.80 Å². The second-order valence-electron chi connectivity index (χ2n) is 10.1. The van der Waals surface area contributed by atoms with Crippen LogP contribution in [0.15, 0.2) is 22.2 Å². The molecule has 0 spiro atoms. The quantitative estimate of drug-likeness (QED) is 0.148. The van der Waals surface area contributed by atoms with Crippen molar-refractivity contribution in [1.29, 1.82) is 0 Å². The molecule has 4 unspecified atom stereocenters. The summed E-state index contributed by atoms with van der Waals surface area (Å²) in [4.78, 5) is 53.7. The van der Waals surface area contributed by atoms with Crippen LogP contribution in [0, 0.1) is 0 Å². The molecule has 0 aromatic carbocycles. The largest absolute Gasteiger partial charge is 0.369 e. The number of nitrogens with two attached hydrogens (primary N) is 2.